The van der Waals surface area contributed by atoms with Crippen LogP contribution in [0.5, 0.6) is 0 Å². The average molecular weight is 511 g/mol. The minimum Gasteiger partial charge on any atom is -0.480 e. The van der Waals surface area contributed by atoms with Gasteiger partial charge < -0.3 is 14.6 Å². The fourth-order valence-corrected chi connectivity index (χ4v) is 6.14. The Morgan fingerprint density at radius 2 is 2.03 bits per heavy atom. The van der Waals surface area contributed by atoms with Crippen LogP contribution in [0.1, 0.15) is 91.6 Å². The molecular formula is C30H39FN2O4. The molecule has 1 aliphatic carbocycles. The van der Waals surface area contributed by atoms with Gasteiger partial charge in [-0.15, -0.1) is 0 Å². The first kappa shape index (κ1) is 26.3. The van der Waals surface area contributed by atoms with E-state index >= 15 is 0 Å². The number of carboxylic acid groups (broad SMARTS) is 1. The van der Waals surface area contributed by atoms with Crippen LogP contribution in [0, 0.1) is 5.82 Å². The van der Waals surface area contributed by atoms with E-state index in [1.165, 1.54) is 35.9 Å². The molecule has 3 atom stereocenters. The Bertz CT molecular complexity index is 1070. The van der Waals surface area contributed by atoms with Gasteiger partial charge in [-0.3, -0.25) is 14.7 Å². The molecule has 5 rings (SSSR count). The molecule has 0 radical (unpaired) electrons. The van der Waals surface area contributed by atoms with Crippen LogP contribution in [0.4, 0.5) is 4.39 Å². The second-order valence-corrected chi connectivity index (χ2v) is 10.7. The number of fused-ring (bicyclic) bond motifs is 1. The minimum absolute atomic E-state index is 0.00772. The minimum atomic E-state index is -0.958. The highest BCUT2D eigenvalue weighted by molar-refractivity contribution is 5.76. The van der Waals surface area contributed by atoms with Gasteiger partial charge in [-0.05, 0) is 93.9 Å². The van der Waals surface area contributed by atoms with E-state index in [1.54, 1.807) is 12.1 Å². The van der Waals surface area contributed by atoms with Gasteiger partial charge in [0.05, 0.1) is 12.2 Å². The van der Waals surface area contributed by atoms with Gasteiger partial charge >= 0.3 is 5.97 Å². The highest BCUT2D eigenvalue weighted by atomic mass is 19.1. The number of aryl methyl sites for hydroxylation is 3. The van der Waals surface area contributed by atoms with E-state index in [4.69, 9.17) is 14.5 Å². The first-order valence-corrected chi connectivity index (χ1v) is 14.1. The van der Waals surface area contributed by atoms with Gasteiger partial charge in [-0.1, -0.05) is 18.2 Å². The Labute approximate surface area is 219 Å². The SMILES string of the molecule is O=C(O)[C@@H](c1cccc(F)c1[C@@H]1CCCCO1)N1CC[C@@H](OCCCCc2ccc3c(n2)CCCC3)C1. The van der Waals surface area contributed by atoms with Crippen LogP contribution in [0.25, 0.3) is 0 Å². The Morgan fingerprint density at radius 3 is 2.86 bits per heavy atom. The lowest BCUT2D eigenvalue weighted by Crippen LogP contribution is -2.35. The van der Waals surface area contributed by atoms with Crippen molar-refractivity contribution in [3.63, 3.8) is 0 Å². The number of aliphatic carboxylic acids is 1. The van der Waals surface area contributed by atoms with Gasteiger partial charge in [0.2, 0.25) is 0 Å². The second kappa shape index (κ2) is 12.5. The van der Waals surface area contributed by atoms with Gasteiger partial charge in [-0.25, -0.2) is 4.39 Å². The van der Waals surface area contributed by atoms with Crippen LogP contribution < -0.4 is 0 Å². The van der Waals surface area contributed by atoms with E-state index in [-0.39, 0.29) is 18.0 Å². The van der Waals surface area contributed by atoms with Crippen LogP contribution in [-0.4, -0.2) is 53.4 Å². The molecule has 3 aliphatic rings. The number of rotatable bonds is 10. The molecule has 2 aliphatic heterocycles. The summed E-state index contributed by atoms with van der Waals surface area (Å²) in [5.41, 5.74) is 4.80. The van der Waals surface area contributed by atoms with Crippen molar-refractivity contribution in [1.82, 2.24) is 9.88 Å². The van der Waals surface area contributed by atoms with Gasteiger partial charge in [0.25, 0.3) is 0 Å². The molecule has 200 valence electrons. The maximum Gasteiger partial charge on any atom is 0.325 e. The summed E-state index contributed by atoms with van der Waals surface area (Å²) in [4.78, 5) is 19.2. The summed E-state index contributed by atoms with van der Waals surface area (Å²) in [6, 6.07) is 8.28. The number of carbonyl (C=O) groups is 1. The number of likely N-dealkylation sites (tertiary alicyclic amines) is 1. The smallest absolute Gasteiger partial charge is 0.325 e. The summed E-state index contributed by atoms with van der Waals surface area (Å²) in [5.74, 6) is -1.34. The van der Waals surface area contributed by atoms with E-state index in [0.29, 0.717) is 43.9 Å². The third kappa shape index (κ3) is 6.39. The quantitative estimate of drug-likeness (QED) is 0.421. The van der Waals surface area contributed by atoms with Crippen LogP contribution in [0.15, 0.2) is 30.3 Å². The Morgan fingerprint density at radius 1 is 1.14 bits per heavy atom. The summed E-state index contributed by atoms with van der Waals surface area (Å²) in [6.07, 6.45) is 10.7. The largest absolute Gasteiger partial charge is 0.480 e. The number of hydrogen-bond acceptors (Lipinski definition) is 5. The first-order chi connectivity index (χ1) is 18.1. The number of carboxylic acids is 1. The fourth-order valence-electron chi connectivity index (χ4n) is 6.14. The van der Waals surface area contributed by atoms with Crippen LogP contribution in [0.2, 0.25) is 0 Å². The summed E-state index contributed by atoms with van der Waals surface area (Å²) in [6.45, 7) is 2.38. The molecule has 6 nitrogen and oxygen atoms in total. The van der Waals surface area contributed by atoms with Crippen LogP contribution in [0.3, 0.4) is 0 Å². The highest BCUT2D eigenvalue weighted by Crippen LogP contribution is 2.37. The van der Waals surface area contributed by atoms with E-state index < -0.39 is 12.0 Å². The Kier molecular flexibility index (Phi) is 8.85. The number of unbranched alkanes of at least 4 members (excludes halogenated alkanes) is 1. The predicted molar refractivity (Wildman–Crippen MR) is 139 cm³/mol. The molecule has 0 spiro atoms. The van der Waals surface area contributed by atoms with Gasteiger partial charge in [0.1, 0.15) is 11.9 Å². The van der Waals surface area contributed by atoms with Crippen LogP contribution >= 0.6 is 0 Å². The first-order valence-electron chi connectivity index (χ1n) is 14.1. The Balaban J connectivity index is 1.13. The number of ether oxygens (including phenoxy) is 2. The van der Waals surface area contributed by atoms with Crippen molar-refractivity contribution in [2.75, 3.05) is 26.3 Å². The molecule has 0 saturated carbocycles. The molecule has 7 heteroatoms. The van der Waals surface area contributed by atoms with Crippen LogP contribution in [-0.2, 0) is 33.5 Å². The molecule has 1 aromatic carbocycles. The number of aromatic nitrogens is 1. The lowest BCUT2D eigenvalue weighted by Gasteiger charge is -2.30. The summed E-state index contributed by atoms with van der Waals surface area (Å²) >= 11 is 0. The summed E-state index contributed by atoms with van der Waals surface area (Å²) in [7, 11) is 0. The molecule has 2 saturated heterocycles. The van der Waals surface area contributed by atoms with E-state index in [1.807, 2.05) is 4.90 Å². The van der Waals surface area contributed by atoms with Crippen molar-refractivity contribution in [3.8, 4) is 0 Å². The third-order valence-electron chi connectivity index (χ3n) is 8.08. The van der Waals surface area contributed by atoms with E-state index in [9.17, 15) is 14.3 Å². The monoisotopic (exact) mass is 510 g/mol. The predicted octanol–water partition coefficient (Wildman–Crippen LogP) is 5.58. The number of hydrogen-bond donors (Lipinski definition) is 1. The van der Waals surface area contributed by atoms with Gasteiger partial charge in [0, 0.05) is 43.3 Å². The van der Waals surface area contributed by atoms with Gasteiger partial charge in [-0.2, -0.15) is 0 Å². The summed E-state index contributed by atoms with van der Waals surface area (Å²) < 4.78 is 26.9. The van der Waals surface area contributed by atoms with Crippen molar-refractivity contribution in [1.29, 1.82) is 0 Å². The third-order valence-corrected chi connectivity index (χ3v) is 8.08. The molecule has 0 unspecified atom stereocenters. The lowest BCUT2D eigenvalue weighted by molar-refractivity contribution is -0.143. The maximum absolute atomic E-state index is 14.9. The standard InChI is InChI=1S/C30H39FN2O4/c31-25-11-7-10-24(28(25)27-13-4-6-19-37-27)29(30(34)35)33-17-16-23(20-33)36-18-5-3-9-22-15-14-21-8-1-2-12-26(21)32-22/h7,10-11,14-15,23,27,29H,1-6,8-9,12-13,16-20H2,(H,34,35)/t23-,27+,29-/m1/s1. The zero-order valence-corrected chi connectivity index (χ0v) is 21.7. The Hall–Kier alpha value is -2.35. The topological polar surface area (TPSA) is 71.9 Å². The number of benzene rings is 1. The lowest BCUT2D eigenvalue weighted by atomic mass is 9.91. The van der Waals surface area contributed by atoms with Crippen molar-refractivity contribution in [3.05, 3.63) is 64.2 Å². The molecule has 1 aromatic heterocycles. The van der Waals surface area contributed by atoms with Crippen molar-refractivity contribution in [2.45, 2.75) is 88.9 Å². The second-order valence-electron chi connectivity index (χ2n) is 10.7. The molecule has 1 N–H and O–H groups in total. The molecular weight excluding hydrogens is 471 g/mol. The number of halogens is 1. The maximum atomic E-state index is 14.9. The zero-order chi connectivity index (χ0) is 25.6. The number of pyridine rings is 1. The van der Waals surface area contributed by atoms with E-state index in [0.717, 1.165) is 51.4 Å². The fraction of sp³-hybridized carbons (Fsp3) is 0.600. The number of nitrogens with zero attached hydrogens (tertiary/aromatic N) is 2. The van der Waals surface area contributed by atoms with E-state index in [2.05, 4.69) is 12.1 Å². The highest BCUT2D eigenvalue weighted by Gasteiger charge is 2.37. The van der Waals surface area contributed by atoms with Crippen molar-refractivity contribution < 1.29 is 23.8 Å². The van der Waals surface area contributed by atoms with Crippen molar-refractivity contribution >= 4 is 5.97 Å². The summed E-state index contributed by atoms with van der Waals surface area (Å²) in [5, 5.41) is 10.2. The molecule has 2 fully saturated rings. The zero-order valence-electron chi connectivity index (χ0n) is 21.7. The molecule has 2 aromatic rings. The normalized spacial score (nSPS) is 23.1. The average Bonchev–Trinajstić information content (AvgIpc) is 3.37. The molecule has 37 heavy (non-hydrogen) atoms. The molecule has 0 bridgehead atoms. The van der Waals surface area contributed by atoms with Crippen molar-refractivity contribution in [2.24, 2.45) is 0 Å². The van der Waals surface area contributed by atoms with Gasteiger partial charge in [0.15, 0.2) is 0 Å². The molecule has 0 amide bonds. The molecule has 3 heterocycles.